The average molecular weight is 429 g/mol. The van der Waals surface area contributed by atoms with Crippen molar-refractivity contribution in [3.63, 3.8) is 0 Å². The quantitative estimate of drug-likeness (QED) is 0.337. The van der Waals surface area contributed by atoms with Crippen molar-refractivity contribution in [2.45, 2.75) is 88.8 Å². The smallest absolute Gasteiger partial charge is 0.0821 e. The van der Waals surface area contributed by atoms with Crippen LogP contribution in [0.5, 0.6) is 0 Å². The van der Waals surface area contributed by atoms with E-state index in [1.54, 1.807) is 12.8 Å². The number of ether oxygens (including phenoxy) is 1. The maximum absolute atomic E-state index is 5.75. The van der Waals surface area contributed by atoms with Crippen LogP contribution in [-0.4, -0.2) is 25.2 Å². The van der Waals surface area contributed by atoms with E-state index in [0.29, 0.717) is 0 Å². The van der Waals surface area contributed by atoms with Crippen LogP contribution in [0, 0.1) is 17.8 Å². The number of methoxy groups -OCH3 is 1. The Hall–Kier alpha value is -0.646. The summed E-state index contributed by atoms with van der Waals surface area (Å²) in [5, 5.41) is 0. The molecule has 2 saturated carbocycles. The second-order valence-electron chi connectivity index (χ2n) is 10.2. The fourth-order valence-electron chi connectivity index (χ4n) is 5.67. The van der Waals surface area contributed by atoms with Gasteiger partial charge in [-0.25, -0.2) is 0 Å². The third-order valence-corrected chi connectivity index (χ3v) is 13.2. The highest BCUT2D eigenvalue weighted by molar-refractivity contribution is 7.03. The first kappa shape index (κ1) is 23.0. The van der Waals surface area contributed by atoms with Crippen LogP contribution in [0.4, 0.5) is 0 Å². The van der Waals surface area contributed by atoms with E-state index in [9.17, 15) is 0 Å². The molecule has 1 aromatic carbocycles. The van der Waals surface area contributed by atoms with Crippen LogP contribution in [0.25, 0.3) is 0 Å². The van der Waals surface area contributed by atoms with E-state index in [4.69, 9.17) is 4.74 Å². The van der Waals surface area contributed by atoms with Crippen LogP contribution in [0.2, 0.25) is 12.1 Å². The molecule has 1 aromatic rings. The maximum Gasteiger partial charge on any atom is 0.0821 e. The molecule has 0 radical (unpaired) electrons. The van der Waals surface area contributed by atoms with E-state index >= 15 is 0 Å². The molecule has 0 saturated heterocycles. The summed E-state index contributed by atoms with van der Waals surface area (Å²) in [5.41, 5.74) is 2.51. The molecule has 2 atom stereocenters. The Bertz CT molecular complexity index is 584. The van der Waals surface area contributed by atoms with Crippen molar-refractivity contribution in [2.24, 2.45) is 17.8 Å². The summed E-state index contributed by atoms with van der Waals surface area (Å²) in [7, 11) is 3.11. The molecule has 0 spiro atoms. The minimum Gasteiger partial charge on any atom is -0.377 e. The lowest BCUT2D eigenvalue weighted by molar-refractivity contribution is 0.0910. The van der Waals surface area contributed by atoms with Crippen molar-refractivity contribution in [1.29, 1.82) is 0 Å². The van der Waals surface area contributed by atoms with Gasteiger partial charge in [0.1, 0.15) is 0 Å². The van der Waals surface area contributed by atoms with Crippen molar-refractivity contribution in [3.05, 3.63) is 48.0 Å². The van der Waals surface area contributed by atoms with Gasteiger partial charge in [-0.2, -0.15) is 0 Å². The normalized spacial score (nSPS) is 30.4. The van der Waals surface area contributed by atoms with Gasteiger partial charge in [-0.15, -0.1) is 0 Å². The number of hydrogen-bond acceptors (Lipinski definition) is 1. The van der Waals surface area contributed by atoms with Crippen molar-refractivity contribution in [1.82, 2.24) is 0 Å². The van der Waals surface area contributed by atoms with E-state index in [0.717, 1.165) is 24.2 Å². The molecule has 0 amide bonds. The standard InChI is InChI=1S/C26H44OSi2/c1-27-26(24-8-4-3-5-9-24)10-6-7-21-11-13-22(14-12-21)15-16-23-17-19-25(20-18-23)29(2)28/h3-5,8-9,15-16,21-23,25-26,29H,6-7,10-14,17-20H2,1-2,28H3/b16-15+. The van der Waals surface area contributed by atoms with Gasteiger partial charge in [0, 0.05) is 15.4 Å². The Kier molecular flexibility index (Phi) is 9.74. The fourth-order valence-corrected chi connectivity index (χ4v) is 9.39. The van der Waals surface area contributed by atoms with Gasteiger partial charge in [0.15, 0.2) is 0 Å². The van der Waals surface area contributed by atoms with Gasteiger partial charge in [-0.3, -0.25) is 0 Å². The molecule has 0 heterocycles. The number of allylic oxidation sites excluding steroid dienone is 2. The van der Waals surface area contributed by atoms with Crippen molar-refractivity contribution in [3.8, 4) is 0 Å². The lowest BCUT2D eigenvalue weighted by atomic mass is 9.78. The van der Waals surface area contributed by atoms with Crippen molar-refractivity contribution >= 4 is 18.1 Å². The second-order valence-corrected chi connectivity index (χ2v) is 19.0. The first-order valence-corrected chi connectivity index (χ1v) is 18.9. The molecule has 162 valence electrons. The van der Waals surface area contributed by atoms with Gasteiger partial charge in [-0.1, -0.05) is 80.3 Å². The molecule has 29 heavy (non-hydrogen) atoms. The summed E-state index contributed by atoms with van der Waals surface area (Å²) in [6, 6.07) is 10.7. The average Bonchev–Trinajstić information content (AvgIpc) is 2.77. The number of benzene rings is 1. The minimum absolute atomic E-state index is 0.264. The van der Waals surface area contributed by atoms with Crippen LogP contribution in [0.15, 0.2) is 42.5 Å². The van der Waals surface area contributed by atoms with E-state index < -0.39 is 0 Å². The third-order valence-electron chi connectivity index (χ3n) is 7.84. The molecule has 2 unspecified atom stereocenters. The Balaban J connectivity index is 1.31. The van der Waals surface area contributed by atoms with Crippen LogP contribution in [0.3, 0.4) is 0 Å². The molecule has 3 rings (SSSR count). The van der Waals surface area contributed by atoms with E-state index in [-0.39, 0.29) is 14.4 Å². The summed E-state index contributed by atoms with van der Waals surface area (Å²) < 4.78 is 5.75. The lowest BCUT2D eigenvalue weighted by Crippen LogP contribution is -2.22. The zero-order valence-corrected chi connectivity index (χ0v) is 22.3. The molecule has 2 fully saturated rings. The maximum atomic E-state index is 5.75. The highest BCUT2D eigenvalue weighted by atomic mass is 29.1. The van der Waals surface area contributed by atoms with Crippen LogP contribution in [-0.2, 0) is 4.74 Å². The van der Waals surface area contributed by atoms with Gasteiger partial charge in [0.25, 0.3) is 0 Å². The van der Waals surface area contributed by atoms with Gasteiger partial charge in [-0.05, 0) is 78.0 Å². The van der Waals surface area contributed by atoms with Gasteiger partial charge in [0.05, 0.1) is 6.10 Å². The predicted octanol–water partition coefficient (Wildman–Crippen LogP) is 6.19. The first-order valence-electron chi connectivity index (χ1n) is 12.4. The third kappa shape index (κ3) is 7.52. The molecule has 0 aliphatic heterocycles. The Morgan fingerprint density at radius 1 is 0.966 bits per heavy atom. The second kappa shape index (κ2) is 12.3. The van der Waals surface area contributed by atoms with Gasteiger partial charge < -0.3 is 4.74 Å². The SMILES string of the molecule is COC(CCCC1CCC(/C=C/C2CCC([SiH](C)[SiH3])CC2)CC1)c1ccccc1. The molecular formula is C26H44OSi2. The molecule has 0 N–H and O–H groups in total. The summed E-state index contributed by atoms with van der Waals surface area (Å²) in [4.78, 5) is 0. The van der Waals surface area contributed by atoms with Crippen LogP contribution < -0.4 is 0 Å². The fraction of sp³-hybridized carbons (Fsp3) is 0.692. The highest BCUT2D eigenvalue weighted by Crippen LogP contribution is 2.37. The van der Waals surface area contributed by atoms with Crippen molar-refractivity contribution in [2.75, 3.05) is 7.11 Å². The molecule has 3 heteroatoms. The molecule has 2 aliphatic carbocycles. The Morgan fingerprint density at radius 2 is 1.55 bits per heavy atom. The Morgan fingerprint density at radius 3 is 2.10 bits per heavy atom. The minimum atomic E-state index is -0.264. The summed E-state index contributed by atoms with van der Waals surface area (Å²) in [5.74, 6) is 2.72. The molecule has 0 aromatic heterocycles. The van der Waals surface area contributed by atoms with Crippen molar-refractivity contribution < 1.29 is 4.74 Å². The Labute approximate surface area is 184 Å². The number of hydrogen-bond donors (Lipinski definition) is 0. The molecule has 1 nitrogen and oxygen atoms in total. The molecule has 2 aliphatic rings. The molecule has 0 bridgehead atoms. The van der Waals surface area contributed by atoms with E-state index in [1.807, 2.05) is 7.11 Å². The van der Waals surface area contributed by atoms with E-state index in [2.05, 4.69) is 49.0 Å². The highest BCUT2D eigenvalue weighted by Gasteiger charge is 2.23. The first-order chi connectivity index (χ1) is 14.2. The van der Waals surface area contributed by atoms with Gasteiger partial charge in [0.2, 0.25) is 0 Å². The predicted molar refractivity (Wildman–Crippen MR) is 133 cm³/mol. The lowest BCUT2D eigenvalue weighted by Gasteiger charge is -2.30. The van der Waals surface area contributed by atoms with E-state index in [1.165, 1.54) is 72.2 Å². The topological polar surface area (TPSA) is 9.23 Å². The monoisotopic (exact) mass is 428 g/mol. The zero-order chi connectivity index (χ0) is 20.5. The largest absolute Gasteiger partial charge is 0.377 e. The van der Waals surface area contributed by atoms with Crippen LogP contribution in [0.1, 0.15) is 82.3 Å². The zero-order valence-electron chi connectivity index (χ0n) is 19.2. The number of rotatable bonds is 9. The summed E-state index contributed by atoms with van der Waals surface area (Å²) in [6.07, 6.45) is 21.1. The van der Waals surface area contributed by atoms with Crippen LogP contribution >= 0.6 is 0 Å². The molecular weight excluding hydrogens is 384 g/mol. The van der Waals surface area contributed by atoms with Gasteiger partial charge >= 0.3 is 0 Å². The summed E-state index contributed by atoms with van der Waals surface area (Å²) in [6.45, 7) is 2.60. The summed E-state index contributed by atoms with van der Waals surface area (Å²) >= 11 is 0.